The van der Waals surface area contributed by atoms with Crippen LogP contribution in [-0.2, 0) is 0 Å². The summed E-state index contributed by atoms with van der Waals surface area (Å²) in [5, 5.41) is 0.777. The van der Waals surface area contributed by atoms with Crippen LogP contribution in [0.3, 0.4) is 0 Å². The van der Waals surface area contributed by atoms with E-state index in [4.69, 9.17) is 0 Å². The quantitative estimate of drug-likeness (QED) is 0.502. The highest BCUT2D eigenvalue weighted by Gasteiger charge is 2.65. The van der Waals surface area contributed by atoms with E-state index < -0.39 is 0 Å². The first-order chi connectivity index (χ1) is 7.89. The molecule has 1 aliphatic heterocycles. The number of hydrogen-bond acceptors (Lipinski definition) is 1. The molecule has 3 fully saturated rings. The summed E-state index contributed by atoms with van der Waals surface area (Å²) in [5.41, 5.74) is 1.94. The van der Waals surface area contributed by atoms with Crippen LogP contribution < -0.4 is 0 Å². The summed E-state index contributed by atoms with van der Waals surface area (Å²) in [4.78, 5) is 1.44. The van der Waals surface area contributed by atoms with Crippen LogP contribution in [0, 0.1) is 35.0 Å². The predicted molar refractivity (Wildman–Crippen MR) is 76.9 cm³/mol. The van der Waals surface area contributed by atoms with Crippen LogP contribution >= 0.6 is 11.8 Å². The van der Waals surface area contributed by atoms with Crippen molar-refractivity contribution in [2.24, 2.45) is 35.0 Å². The summed E-state index contributed by atoms with van der Waals surface area (Å²) >= 11 is 2.02. The Morgan fingerprint density at radius 2 is 1.94 bits per heavy atom. The van der Waals surface area contributed by atoms with Gasteiger partial charge in [-0.1, -0.05) is 46.4 Å². The Bertz CT molecular complexity index is 394. The van der Waals surface area contributed by atoms with Crippen molar-refractivity contribution in [1.82, 2.24) is 0 Å². The second-order valence-corrected chi connectivity index (χ2v) is 8.16. The lowest BCUT2D eigenvalue weighted by atomic mass is 9.46. The predicted octanol–water partition coefficient (Wildman–Crippen LogP) is 4.74. The van der Waals surface area contributed by atoms with Crippen LogP contribution in [0.5, 0.6) is 0 Å². The molecule has 4 unspecified atom stereocenters. The molecular formula is C16H24S. The number of hydrogen-bond donors (Lipinski definition) is 0. The maximum atomic E-state index is 4.43. The zero-order valence-electron chi connectivity index (χ0n) is 11.5. The van der Waals surface area contributed by atoms with Crippen LogP contribution in [0.25, 0.3) is 0 Å². The van der Waals surface area contributed by atoms with Gasteiger partial charge >= 0.3 is 0 Å². The molecule has 0 aromatic heterocycles. The van der Waals surface area contributed by atoms with E-state index in [1.54, 1.807) is 5.57 Å². The Morgan fingerprint density at radius 1 is 1.35 bits per heavy atom. The molecule has 3 rings (SSSR count). The molecule has 0 spiro atoms. The van der Waals surface area contributed by atoms with E-state index in [1.165, 1.54) is 11.3 Å². The van der Waals surface area contributed by atoms with Crippen molar-refractivity contribution < 1.29 is 0 Å². The minimum atomic E-state index is 0.392. The fourth-order valence-electron chi connectivity index (χ4n) is 4.72. The first-order valence-electron chi connectivity index (χ1n) is 6.93. The maximum Gasteiger partial charge on any atom is 0.0426 e. The summed E-state index contributed by atoms with van der Waals surface area (Å²) < 4.78 is 0. The Labute approximate surface area is 110 Å². The minimum Gasteiger partial charge on any atom is -0.121 e. The Kier molecular flexibility index (Phi) is 2.40. The molecule has 0 amide bonds. The minimum absolute atomic E-state index is 0.392. The number of rotatable bonds is 2. The summed E-state index contributed by atoms with van der Waals surface area (Å²) in [6.07, 6.45) is 1.40. The topological polar surface area (TPSA) is 0 Å². The van der Waals surface area contributed by atoms with Gasteiger partial charge in [-0.3, -0.25) is 0 Å². The lowest BCUT2D eigenvalue weighted by Crippen LogP contribution is -2.53. The van der Waals surface area contributed by atoms with Crippen LogP contribution in [0.2, 0.25) is 0 Å². The molecule has 0 aromatic carbocycles. The van der Waals surface area contributed by atoms with E-state index in [9.17, 15) is 0 Å². The molecular weight excluding hydrogens is 224 g/mol. The van der Waals surface area contributed by atoms with Crippen molar-refractivity contribution in [3.63, 3.8) is 0 Å². The number of fused-ring (bicyclic) bond motifs is 1. The molecule has 0 bridgehead atoms. The normalized spacial score (nSPS) is 52.6. The van der Waals surface area contributed by atoms with Gasteiger partial charge in [0.1, 0.15) is 0 Å². The van der Waals surface area contributed by atoms with Gasteiger partial charge in [0.25, 0.3) is 0 Å². The second-order valence-electron chi connectivity index (χ2n) is 6.90. The molecule has 17 heavy (non-hydrogen) atoms. The number of allylic oxidation sites excluding steroid dienone is 1. The van der Waals surface area contributed by atoms with Gasteiger partial charge in [0.2, 0.25) is 0 Å². The van der Waals surface area contributed by atoms with E-state index >= 15 is 0 Å². The molecule has 0 aromatic rings. The van der Waals surface area contributed by atoms with Gasteiger partial charge in [-0.05, 0) is 46.3 Å². The van der Waals surface area contributed by atoms with Gasteiger partial charge in [-0.2, -0.15) is 0 Å². The molecule has 3 aliphatic rings. The first-order valence-corrected chi connectivity index (χ1v) is 7.81. The van der Waals surface area contributed by atoms with E-state index in [0.29, 0.717) is 5.41 Å². The van der Waals surface area contributed by atoms with Gasteiger partial charge in [0.15, 0.2) is 0 Å². The summed E-state index contributed by atoms with van der Waals surface area (Å²) in [7, 11) is 0. The van der Waals surface area contributed by atoms with Crippen molar-refractivity contribution in [3.8, 4) is 0 Å². The Balaban J connectivity index is 1.92. The highest BCUT2D eigenvalue weighted by molar-refractivity contribution is 8.11. The molecule has 1 heteroatoms. The number of thioether (sulfide) groups is 1. The summed E-state index contributed by atoms with van der Waals surface area (Å²) in [6.45, 7) is 18.2. The van der Waals surface area contributed by atoms with Crippen molar-refractivity contribution in [2.75, 3.05) is 0 Å². The van der Waals surface area contributed by atoms with Crippen LogP contribution in [0.15, 0.2) is 23.6 Å². The van der Waals surface area contributed by atoms with Gasteiger partial charge < -0.3 is 0 Å². The second kappa shape index (κ2) is 3.44. The summed E-state index contributed by atoms with van der Waals surface area (Å²) in [6, 6.07) is 0. The lowest BCUT2D eigenvalue weighted by Gasteiger charge is -2.58. The zero-order chi connectivity index (χ0) is 12.5. The van der Waals surface area contributed by atoms with Crippen LogP contribution in [-0.4, -0.2) is 5.25 Å². The van der Waals surface area contributed by atoms with E-state index in [-0.39, 0.29) is 0 Å². The Hall–Kier alpha value is -0.170. The van der Waals surface area contributed by atoms with Crippen molar-refractivity contribution in [2.45, 2.75) is 39.4 Å². The zero-order valence-corrected chi connectivity index (χ0v) is 12.3. The highest BCUT2D eigenvalue weighted by Crippen LogP contribution is 2.72. The average Bonchev–Trinajstić information content (AvgIpc) is 2.88. The third-order valence-corrected chi connectivity index (χ3v) is 7.21. The van der Waals surface area contributed by atoms with Gasteiger partial charge in [-0.25, -0.2) is 0 Å². The highest BCUT2D eigenvalue weighted by atomic mass is 32.2. The third-order valence-electron chi connectivity index (χ3n) is 6.02. The average molecular weight is 248 g/mol. The fraction of sp³-hybridized carbons (Fsp3) is 0.750. The van der Waals surface area contributed by atoms with Gasteiger partial charge in [0.05, 0.1) is 0 Å². The van der Waals surface area contributed by atoms with E-state index in [1.807, 2.05) is 11.8 Å². The molecule has 1 heterocycles. The van der Waals surface area contributed by atoms with Gasteiger partial charge in [0, 0.05) is 5.25 Å². The Morgan fingerprint density at radius 3 is 2.41 bits per heavy atom. The first kappa shape index (κ1) is 11.9. The van der Waals surface area contributed by atoms with Crippen LogP contribution in [0.4, 0.5) is 0 Å². The molecule has 0 nitrogen and oxygen atoms in total. The molecule has 2 aliphatic carbocycles. The van der Waals surface area contributed by atoms with Crippen LogP contribution in [0.1, 0.15) is 34.1 Å². The van der Waals surface area contributed by atoms with E-state index in [2.05, 4.69) is 40.9 Å². The fourth-order valence-corrected chi connectivity index (χ4v) is 5.61. The molecule has 0 N–H and O–H groups in total. The molecule has 0 radical (unpaired) electrons. The molecule has 1 saturated heterocycles. The SMILES string of the molecule is C=C1SC1[C@@H]1CC(C)C2C(=C)C(C)(C(C)C)[C@H]21. The molecule has 94 valence electrons. The van der Waals surface area contributed by atoms with E-state index in [0.717, 1.165) is 34.8 Å². The molecule has 6 atom stereocenters. The molecule has 2 saturated carbocycles. The monoisotopic (exact) mass is 248 g/mol. The van der Waals surface area contributed by atoms with Crippen molar-refractivity contribution in [1.29, 1.82) is 0 Å². The smallest absolute Gasteiger partial charge is 0.0426 e. The van der Waals surface area contributed by atoms with Crippen molar-refractivity contribution >= 4 is 11.8 Å². The largest absolute Gasteiger partial charge is 0.121 e. The maximum absolute atomic E-state index is 4.43. The van der Waals surface area contributed by atoms with Crippen molar-refractivity contribution in [3.05, 3.63) is 23.6 Å². The lowest BCUT2D eigenvalue weighted by molar-refractivity contribution is 0.00591. The standard InChI is InChI=1S/C16H24S/c1-8(2)16(6)10(4)13-9(3)7-12(14(13)16)15-11(5)17-15/h8-9,12-15H,4-5,7H2,1-3,6H3/t9?,12-,13?,14+,15?,16?/m1/s1. The van der Waals surface area contributed by atoms with Gasteiger partial charge in [-0.15, -0.1) is 11.8 Å². The summed E-state index contributed by atoms with van der Waals surface area (Å²) in [5.74, 6) is 4.13. The third kappa shape index (κ3) is 1.32.